The molecule has 0 aliphatic carbocycles. The zero-order valence-corrected chi connectivity index (χ0v) is 11.2. The van der Waals surface area contributed by atoms with Gasteiger partial charge in [-0.1, -0.05) is 28.2 Å². The lowest BCUT2D eigenvalue weighted by Gasteiger charge is -2.15. The van der Waals surface area contributed by atoms with E-state index < -0.39 is 5.82 Å². The molecular weight excluding hydrogens is 275 g/mol. The zero-order chi connectivity index (χ0) is 13.1. The first-order valence-corrected chi connectivity index (χ1v) is 6.46. The van der Waals surface area contributed by atoms with Crippen molar-refractivity contribution in [2.24, 2.45) is 5.84 Å². The summed E-state index contributed by atoms with van der Waals surface area (Å²) in [6.07, 6.45) is 0.484. The molecule has 18 heavy (non-hydrogen) atoms. The average Bonchev–Trinajstić information content (AvgIpc) is 2.77. The molecule has 0 aliphatic rings. The Morgan fingerprint density at radius 3 is 2.94 bits per heavy atom. The highest BCUT2D eigenvalue weighted by Crippen LogP contribution is 2.27. The topological polar surface area (TPSA) is 63.8 Å². The van der Waals surface area contributed by atoms with Crippen molar-refractivity contribution in [3.05, 3.63) is 45.2 Å². The summed E-state index contributed by atoms with van der Waals surface area (Å²) in [5.74, 6) is 5.11. The molecular formula is C11H12ClFN4S. The predicted octanol–water partition coefficient (Wildman–Crippen LogP) is 2.39. The molecule has 2 aromatic rings. The number of hydrogen-bond acceptors (Lipinski definition) is 5. The molecule has 0 saturated carbocycles. The van der Waals surface area contributed by atoms with Gasteiger partial charge in [-0.15, -0.1) is 5.10 Å². The summed E-state index contributed by atoms with van der Waals surface area (Å²) >= 11 is 7.20. The van der Waals surface area contributed by atoms with Crippen molar-refractivity contribution in [2.45, 2.75) is 19.4 Å². The van der Waals surface area contributed by atoms with Crippen LogP contribution in [0.5, 0.6) is 0 Å². The third-order valence-corrected chi connectivity index (χ3v) is 4.02. The molecule has 1 heterocycles. The molecule has 1 aromatic carbocycles. The van der Waals surface area contributed by atoms with Crippen LogP contribution in [-0.2, 0) is 6.42 Å². The van der Waals surface area contributed by atoms with Crippen LogP contribution in [0, 0.1) is 12.7 Å². The largest absolute Gasteiger partial charge is 0.271 e. The third-order valence-electron chi connectivity index (χ3n) is 2.66. The van der Waals surface area contributed by atoms with Crippen LogP contribution in [0.25, 0.3) is 0 Å². The highest BCUT2D eigenvalue weighted by molar-refractivity contribution is 7.05. The number of nitrogens with zero attached hydrogens (tertiary/aromatic N) is 2. The van der Waals surface area contributed by atoms with Gasteiger partial charge < -0.3 is 0 Å². The second-order valence-electron chi connectivity index (χ2n) is 3.86. The van der Waals surface area contributed by atoms with E-state index in [0.29, 0.717) is 12.0 Å². The smallest absolute Gasteiger partial charge is 0.142 e. The van der Waals surface area contributed by atoms with Crippen LogP contribution in [-0.4, -0.2) is 9.59 Å². The summed E-state index contributed by atoms with van der Waals surface area (Å²) in [6.45, 7) is 1.86. The number of halogens is 2. The van der Waals surface area contributed by atoms with Gasteiger partial charge >= 0.3 is 0 Å². The van der Waals surface area contributed by atoms with Gasteiger partial charge in [0.25, 0.3) is 0 Å². The maximum atomic E-state index is 13.3. The highest BCUT2D eigenvalue weighted by atomic mass is 35.5. The fourth-order valence-corrected chi connectivity index (χ4v) is 2.62. The Balaban J connectivity index is 2.26. The summed E-state index contributed by atoms with van der Waals surface area (Å²) in [5.41, 5.74) is 4.21. The Labute approximate surface area is 113 Å². The molecule has 4 nitrogen and oxygen atoms in total. The molecule has 1 unspecified atom stereocenters. The molecule has 0 spiro atoms. The molecule has 0 bridgehead atoms. The van der Waals surface area contributed by atoms with Crippen molar-refractivity contribution in [3.63, 3.8) is 0 Å². The van der Waals surface area contributed by atoms with Crippen LogP contribution < -0.4 is 11.3 Å². The zero-order valence-electron chi connectivity index (χ0n) is 9.65. The summed E-state index contributed by atoms with van der Waals surface area (Å²) < 4.78 is 17.2. The fraction of sp³-hybridized carbons (Fsp3) is 0.273. The van der Waals surface area contributed by atoms with E-state index in [9.17, 15) is 4.39 Å². The normalized spacial score (nSPS) is 12.7. The van der Waals surface area contributed by atoms with Gasteiger partial charge in [0.2, 0.25) is 0 Å². The van der Waals surface area contributed by atoms with E-state index in [0.717, 1.165) is 10.6 Å². The monoisotopic (exact) mass is 286 g/mol. The maximum Gasteiger partial charge on any atom is 0.142 e. The van der Waals surface area contributed by atoms with Crippen molar-refractivity contribution < 1.29 is 4.39 Å². The molecule has 0 aliphatic heterocycles. The number of benzene rings is 1. The van der Waals surface area contributed by atoms with Gasteiger partial charge in [0.05, 0.1) is 21.6 Å². The van der Waals surface area contributed by atoms with Crippen molar-refractivity contribution >= 4 is 23.1 Å². The number of aromatic nitrogens is 2. The summed E-state index contributed by atoms with van der Waals surface area (Å²) in [5, 5.41) is 4.07. The van der Waals surface area contributed by atoms with Crippen molar-refractivity contribution in [1.29, 1.82) is 0 Å². The number of nitrogens with two attached hydrogens (primary N) is 1. The van der Waals surface area contributed by atoms with E-state index >= 15 is 0 Å². The second kappa shape index (κ2) is 5.71. The number of rotatable bonds is 4. The van der Waals surface area contributed by atoms with Gasteiger partial charge in [-0.3, -0.25) is 11.3 Å². The molecule has 0 fully saturated rings. The van der Waals surface area contributed by atoms with Gasteiger partial charge in [0.1, 0.15) is 5.82 Å². The lowest BCUT2D eigenvalue weighted by molar-refractivity contribution is 0.553. The van der Waals surface area contributed by atoms with Gasteiger partial charge in [0, 0.05) is 0 Å². The van der Waals surface area contributed by atoms with Gasteiger partial charge in [0.15, 0.2) is 0 Å². The number of aryl methyl sites for hydroxylation is 1. The Kier molecular flexibility index (Phi) is 4.23. The highest BCUT2D eigenvalue weighted by Gasteiger charge is 2.18. The van der Waals surface area contributed by atoms with Crippen LogP contribution in [0.4, 0.5) is 4.39 Å². The summed E-state index contributed by atoms with van der Waals surface area (Å²) in [7, 11) is 0. The molecule has 96 valence electrons. The fourth-order valence-electron chi connectivity index (χ4n) is 1.71. The first-order chi connectivity index (χ1) is 8.63. The Morgan fingerprint density at radius 2 is 2.33 bits per heavy atom. The van der Waals surface area contributed by atoms with E-state index in [1.165, 1.54) is 17.6 Å². The lowest BCUT2D eigenvalue weighted by Crippen LogP contribution is -2.29. The van der Waals surface area contributed by atoms with Crippen molar-refractivity contribution in [2.75, 3.05) is 0 Å². The number of nitrogens with one attached hydrogen (secondary N) is 1. The molecule has 0 amide bonds. The molecule has 0 radical (unpaired) electrons. The molecule has 3 N–H and O–H groups in total. The van der Waals surface area contributed by atoms with Crippen LogP contribution in [0.1, 0.15) is 22.2 Å². The first-order valence-electron chi connectivity index (χ1n) is 5.31. The minimum absolute atomic E-state index is 0.132. The van der Waals surface area contributed by atoms with E-state index in [-0.39, 0.29) is 11.1 Å². The lowest BCUT2D eigenvalue weighted by atomic mass is 10.0. The SMILES string of the molecule is Cc1nnsc1C(Cc1cccc(F)c1Cl)NN. The quantitative estimate of drug-likeness (QED) is 0.669. The van der Waals surface area contributed by atoms with E-state index in [1.54, 1.807) is 12.1 Å². The van der Waals surface area contributed by atoms with Gasteiger partial charge in [-0.25, -0.2) is 4.39 Å². The van der Waals surface area contributed by atoms with Gasteiger partial charge in [-0.05, 0) is 36.5 Å². The number of hydrogen-bond donors (Lipinski definition) is 2. The molecule has 7 heteroatoms. The van der Waals surface area contributed by atoms with Crippen LogP contribution in [0.15, 0.2) is 18.2 Å². The second-order valence-corrected chi connectivity index (χ2v) is 5.02. The van der Waals surface area contributed by atoms with E-state index in [2.05, 4.69) is 15.0 Å². The standard InChI is InChI=1S/C11H12ClFN4S/c1-6-11(18-17-16-6)9(15-14)5-7-3-2-4-8(13)10(7)12/h2-4,9,15H,5,14H2,1H3. The Morgan fingerprint density at radius 1 is 1.56 bits per heavy atom. The van der Waals surface area contributed by atoms with Crippen LogP contribution >= 0.6 is 23.1 Å². The third kappa shape index (κ3) is 2.67. The van der Waals surface area contributed by atoms with Crippen molar-refractivity contribution in [1.82, 2.24) is 15.0 Å². The minimum Gasteiger partial charge on any atom is -0.271 e. The Bertz CT molecular complexity index is 546. The Hall–Kier alpha value is -1.08. The average molecular weight is 287 g/mol. The van der Waals surface area contributed by atoms with E-state index in [1.807, 2.05) is 6.92 Å². The maximum absolute atomic E-state index is 13.3. The predicted molar refractivity (Wildman–Crippen MR) is 69.8 cm³/mol. The van der Waals surface area contributed by atoms with Crippen LogP contribution in [0.2, 0.25) is 5.02 Å². The van der Waals surface area contributed by atoms with Crippen LogP contribution in [0.3, 0.4) is 0 Å². The molecule has 1 atom stereocenters. The minimum atomic E-state index is -0.427. The first kappa shape index (κ1) is 13.4. The number of hydrazine groups is 1. The van der Waals surface area contributed by atoms with E-state index in [4.69, 9.17) is 17.4 Å². The molecule has 2 rings (SSSR count). The molecule has 1 aromatic heterocycles. The van der Waals surface area contributed by atoms with Crippen molar-refractivity contribution in [3.8, 4) is 0 Å². The summed E-state index contributed by atoms with van der Waals surface area (Å²) in [4.78, 5) is 0.929. The summed E-state index contributed by atoms with van der Waals surface area (Å²) in [6, 6.07) is 4.56. The molecule has 0 saturated heterocycles. The van der Waals surface area contributed by atoms with Gasteiger partial charge in [-0.2, -0.15) is 0 Å².